The third kappa shape index (κ3) is 9.11. The average molecular weight is 419 g/mol. The van der Waals surface area contributed by atoms with Gasteiger partial charge in [-0.15, -0.1) is 11.8 Å². The fraction of sp³-hybridized carbons (Fsp3) is 0.364. The summed E-state index contributed by atoms with van der Waals surface area (Å²) in [6.07, 6.45) is 0.976. The van der Waals surface area contributed by atoms with Crippen molar-refractivity contribution in [3.63, 3.8) is 0 Å². The second-order valence-corrected chi connectivity index (χ2v) is 7.76. The van der Waals surface area contributed by atoms with Crippen LogP contribution in [0.25, 0.3) is 0 Å². The zero-order valence-corrected chi connectivity index (χ0v) is 17.6. The second kappa shape index (κ2) is 12.2. The number of hydrogen-bond donors (Lipinski definition) is 2. The highest BCUT2D eigenvalue weighted by Crippen LogP contribution is 2.15. The first-order chi connectivity index (χ1) is 13.9. The average Bonchev–Trinajstić information content (AvgIpc) is 2.69. The lowest BCUT2D eigenvalue weighted by atomic mass is 10.1. The maximum Gasteiger partial charge on any atom is 0.251 e. The van der Waals surface area contributed by atoms with Crippen LogP contribution in [-0.2, 0) is 15.3 Å². The number of hydrogen-bond acceptors (Lipinski definition) is 4. The Morgan fingerprint density at radius 3 is 2.41 bits per heavy atom. The Morgan fingerprint density at radius 2 is 1.76 bits per heavy atom. The number of anilines is 1. The number of halogens is 1. The van der Waals surface area contributed by atoms with Gasteiger partial charge in [0.25, 0.3) is 5.91 Å². The number of nitrogens with one attached hydrogen (secondary N) is 2. The van der Waals surface area contributed by atoms with E-state index >= 15 is 0 Å². The first-order valence-corrected chi connectivity index (χ1v) is 10.7. The summed E-state index contributed by atoms with van der Waals surface area (Å²) < 4.78 is 18.3. The van der Waals surface area contributed by atoms with Crippen LogP contribution in [0.1, 0.15) is 36.2 Å². The number of ether oxygens (including phenoxy) is 1. The summed E-state index contributed by atoms with van der Waals surface area (Å²) in [5, 5.41) is 5.60. The second-order valence-electron chi connectivity index (χ2n) is 6.77. The summed E-state index contributed by atoms with van der Waals surface area (Å²) in [6.45, 7) is 5.17. The first-order valence-electron chi connectivity index (χ1n) is 9.56. The Kier molecular flexibility index (Phi) is 9.67. The predicted octanol–water partition coefficient (Wildman–Crippen LogP) is 4.24. The van der Waals surface area contributed by atoms with Gasteiger partial charge in [0.15, 0.2) is 0 Å². The van der Waals surface area contributed by atoms with Crippen LogP contribution in [0.2, 0.25) is 0 Å². The van der Waals surface area contributed by atoms with Crippen LogP contribution in [0.3, 0.4) is 0 Å². The lowest BCUT2D eigenvalue weighted by Crippen LogP contribution is -2.25. The van der Waals surface area contributed by atoms with Gasteiger partial charge in [0.05, 0.1) is 11.9 Å². The molecule has 0 bridgehead atoms. The van der Waals surface area contributed by atoms with Crippen molar-refractivity contribution in [2.45, 2.75) is 32.1 Å². The maximum atomic E-state index is 12.9. The molecule has 156 valence electrons. The number of amides is 2. The highest BCUT2D eigenvalue weighted by Gasteiger charge is 2.06. The zero-order chi connectivity index (χ0) is 21.1. The largest absolute Gasteiger partial charge is 0.379 e. The van der Waals surface area contributed by atoms with E-state index in [2.05, 4.69) is 10.6 Å². The molecule has 7 heteroatoms. The number of carbonyl (C=O) groups is 2. The van der Waals surface area contributed by atoms with E-state index in [0.717, 1.165) is 12.0 Å². The summed E-state index contributed by atoms with van der Waals surface area (Å²) in [6, 6.07) is 13.0. The Morgan fingerprint density at radius 1 is 1.07 bits per heavy atom. The predicted molar refractivity (Wildman–Crippen MR) is 116 cm³/mol. The molecular formula is C22H27FN2O3S. The SMILES string of the molecule is CC(C)OCCCNC(=O)c1ccc(CSCC(=O)Nc2ccc(F)cc2)cc1. The van der Waals surface area contributed by atoms with Crippen LogP contribution >= 0.6 is 11.8 Å². The molecule has 2 aromatic rings. The summed E-state index contributed by atoms with van der Waals surface area (Å²) in [5.41, 5.74) is 2.21. The molecule has 0 saturated carbocycles. The number of thioether (sulfide) groups is 1. The zero-order valence-electron chi connectivity index (χ0n) is 16.7. The Labute approximate surface area is 175 Å². The van der Waals surface area contributed by atoms with Crippen molar-refractivity contribution in [3.8, 4) is 0 Å². The topological polar surface area (TPSA) is 67.4 Å². The van der Waals surface area contributed by atoms with Crippen molar-refractivity contribution in [2.24, 2.45) is 0 Å². The summed E-state index contributed by atoms with van der Waals surface area (Å²) in [4.78, 5) is 24.0. The number of rotatable bonds is 11. The molecule has 2 amide bonds. The lowest BCUT2D eigenvalue weighted by molar-refractivity contribution is -0.113. The molecule has 0 aliphatic rings. The van der Waals surface area contributed by atoms with Gasteiger partial charge in [0, 0.05) is 30.2 Å². The molecule has 0 aromatic heterocycles. The minimum Gasteiger partial charge on any atom is -0.379 e. The molecule has 0 atom stereocenters. The molecular weight excluding hydrogens is 391 g/mol. The Bertz CT molecular complexity index is 780. The summed E-state index contributed by atoms with van der Waals surface area (Å²) in [5.74, 6) is 0.365. The van der Waals surface area contributed by atoms with E-state index in [9.17, 15) is 14.0 Å². The molecule has 0 aliphatic heterocycles. The highest BCUT2D eigenvalue weighted by atomic mass is 32.2. The third-order valence-electron chi connectivity index (χ3n) is 3.90. The standard InChI is InChI=1S/C22H27FN2O3S/c1-16(2)28-13-3-12-24-22(27)18-6-4-17(5-7-18)14-29-15-21(26)25-20-10-8-19(23)9-11-20/h4-11,16H,3,12-15H2,1-2H3,(H,24,27)(H,25,26). The molecule has 5 nitrogen and oxygen atoms in total. The van der Waals surface area contributed by atoms with Gasteiger partial charge in [-0.05, 0) is 62.2 Å². The van der Waals surface area contributed by atoms with Crippen molar-refractivity contribution < 1.29 is 18.7 Å². The molecule has 0 unspecified atom stereocenters. The van der Waals surface area contributed by atoms with Gasteiger partial charge < -0.3 is 15.4 Å². The number of benzene rings is 2. The van der Waals surface area contributed by atoms with E-state index in [0.29, 0.717) is 30.2 Å². The van der Waals surface area contributed by atoms with E-state index in [1.165, 1.54) is 36.0 Å². The van der Waals surface area contributed by atoms with Crippen molar-refractivity contribution in [3.05, 3.63) is 65.5 Å². The smallest absolute Gasteiger partial charge is 0.251 e. The molecule has 0 saturated heterocycles. The molecule has 0 heterocycles. The minimum atomic E-state index is -0.338. The molecule has 29 heavy (non-hydrogen) atoms. The normalized spacial score (nSPS) is 10.8. The van der Waals surface area contributed by atoms with Crippen LogP contribution in [0.5, 0.6) is 0 Å². The van der Waals surface area contributed by atoms with E-state index in [-0.39, 0.29) is 29.5 Å². The fourth-order valence-electron chi connectivity index (χ4n) is 2.44. The van der Waals surface area contributed by atoms with Crippen LogP contribution in [-0.4, -0.2) is 36.8 Å². The monoisotopic (exact) mass is 418 g/mol. The van der Waals surface area contributed by atoms with Gasteiger partial charge in [-0.3, -0.25) is 9.59 Å². The van der Waals surface area contributed by atoms with Crippen LogP contribution in [0.15, 0.2) is 48.5 Å². The molecule has 2 N–H and O–H groups in total. The third-order valence-corrected chi connectivity index (χ3v) is 4.91. The van der Waals surface area contributed by atoms with Gasteiger partial charge >= 0.3 is 0 Å². The van der Waals surface area contributed by atoms with E-state index in [1.807, 2.05) is 26.0 Å². The van der Waals surface area contributed by atoms with Gasteiger partial charge in [0.2, 0.25) is 5.91 Å². The van der Waals surface area contributed by atoms with Gasteiger partial charge in [0.1, 0.15) is 5.82 Å². The summed E-state index contributed by atoms with van der Waals surface area (Å²) in [7, 11) is 0. The van der Waals surface area contributed by atoms with E-state index in [1.54, 1.807) is 12.1 Å². The molecule has 0 radical (unpaired) electrons. The van der Waals surface area contributed by atoms with E-state index < -0.39 is 0 Å². The van der Waals surface area contributed by atoms with Crippen molar-refractivity contribution in [1.29, 1.82) is 0 Å². The molecule has 0 spiro atoms. The van der Waals surface area contributed by atoms with Crippen molar-refractivity contribution in [1.82, 2.24) is 5.32 Å². The molecule has 0 aliphatic carbocycles. The van der Waals surface area contributed by atoms with Gasteiger partial charge in [-0.25, -0.2) is 4.39 Å². The van der Waals surface area contributed by atoms with E-state index in [4.69, 9.17) is 4.74 Å². The van der Waals surface area contributed by atoms with Crippen LogP contribution in [0, 0.1) is 5.82 Å². The number of carbonyl (C=O) groups excluding carboxylic acids is 2. The first kappa shape index (κ1) is 22.9. The molecule has 0 fully saturated rings. The summed E-state index contributed by atoms with van der Waals surface area (Å²) >= 11 is 1.47. The quantitative estimate of drug-likeness (QED) is 0.536. The Hall–Kier alpha value is -2.38. The van der Waals surface area contributed by atoms with Gasteiger partial charge in [-0.2, -0.15) is 0 Å². The van der Waals surface area contributed by atoms with Crippen LogP contribution in [0.4, 0.5) is 10.1 Å². The Balaban J connectivity index is 1.67. The van der Waals surface area contributed by atoms with Gasteiger partial charge in [-0.1, -0.05) is 12.1 Å². The van der Waals surface area contributed by atoms with Crippen molar-refractivity contribution in [2.75, 3.05) is 24.2 Å². The van der Waals surface area contributed by atoms with Crippen molar-refractivity contribution >= 4 is 29.3 Å². The molecule has 2 aromatic carbocycles. The van der Waals surface area contributed by atoms with Crippen LogP contribution < -0.4 is 10.6 Å². The molecule has 2 rings (SSSR count). The fourth-order valence-corrected chi connectivity index (χ4v) is 3.23. The minimum absolute atomic E-state index is 0.104. The highest BCUT2D eigenvalue weighted by molar-refractivity contribution is 7.99. The lowest BCUT2D eigenvalue weighted by Gasteiger charge is -2.09. The maximum absolute atomic E-state index is 12.9.